The maximum atomic E-state index is 13.7. The molecule has 0 unspecified atom stereocenters. The van der Waals surface area contributed by atoms with Crippen LogP contribution in [0.4, 0.5) is 4.39 Å². The molecule has 6 heteroatoms. The molecule has 4 rings (SSSR count). The van der Waals surface area contributed by atoms with E-state index < -0.39 is 0 Å². The zero-order chi connectivity index (χ0) is 22.7. The topological polar surface area (TPSA) is 54.3 Å². The lowest BCUT2D eigenvalue weighted by Gasteiger charge is -2.31. The van der Waals surface area contributed by atoms with Crippen LogP contribution in [0.25, 0.3) is 10.9 Å². The number of amides is 2. The maximum Gasteiger partial charge on any atom is 0.270 e. The Morgan fingerprint density at radius 3 is 2.59 bits per heavy atom. The molecule has 5 nitrogen and oxygen atoms in total. The summed E-state index contributed by atoms with van der Waals surface area (Å²) in [6.07, 6.45) is 2.56. The van der Waals surface area contributed by atoms with Gasteiger partial charge in [0.1, 0.15) is 11.5 Å². The van der Waals surface area contributed by atoms with E-state index in [1.807, 2.05) is 22.6 Å². The first-order valence-electron chi connectivity index (χ1n) is 11.3. The Morgan fingerprint density at radius 2 is 1.84 bits per heavy atom. The number of carbonyl (C=O) groups excluding carboxylic acids is 2. The molecule has 0 spiro atoms. The Balaban J connectivity index is 1.26. The number of likely N-dealkylation sites (tertiary alicyclic amines) is 1. The van der Waals surface area contributed by atoms with Crippen LogP contribution in [-0.2, 0) is 18.3 Å². The molecule has 1 N–H and O–H groups in total. The highest BCUT2D eigenvalue weighted by Crippen LogP contribution is 2.25. The Labute approximate surface area is 188 Å². The highest BCUT2D eigenvalue weighted by molar-refractivity contribution is 5.99. The number of hydrogen-bond donors (Lipinski definition) is 1. The van der Waals surface area contributed by atoms with Crippen molar-refractivity contribution in [1.29, 1.82) is 0 Å². The SMILES string of the molecule is Cc1ccc2c(c1)cc(C(=O)N1CCC(CC(=O)NCCc3ccccc3F)CC1)n2C. The van der Waals surface area contributed by atoms with Crippen LogP contribution in [0, 0.1) is 18.7 Å². The van der Waals surface area contributed by atoms with Crippen LogP contribution >= 0.6 is 0 Å². The molecule has 1 aliphatic heterocycles. The van der Waals surface area contributed by atoms with Crippen LogP contribution < -0.4 is 5.32 Å². The summed E-state index contributed by atoms with van der Waals surface area (Å²) in [7, 11) is 1.93. The third-order valence-electron chi connectivity index (χ3n) is 6.47. The van der Waals surface area contributed by atoms with Gasteiger partial charge in [-0.2, -0.15) is 0 Å². The molecule has 1 aromatic heterocycles. The highest BCUT2D eigenvalue weighted by Gasteiger charge is 2.26. The minimum atomic E-state index is -0.236. The molecule has 0 saturated carbocycles. The zero-order valence-electron chi connectivity index (χ0n) is 18.7. The monoisotopic (exact) mass is 435 g/mol. The first-order valence-corrected chi connectivity index (χ1v) is 11.3. The minimum Gasteiger partial charge on any atom is -0.356 e. The number of nitrogens with zero attached hydrogens (tertiary/aromatic N) is 2. The summed E-state index contributed by atoms with van der Waals surface area (Å²) >= 11 is 0. The molecule has 1 fully saturated rings. The minimum absolute atomic E-state index is 0.00447. The van der Waals surface area contributed by atoms with Crippen LogP contribution in [-0.4, -0.2) is 40.9 Å². The number of carbonyl (C=O) groups is 2. The van der Waals surface area contributed by atoms with Crippen LogP contribution in [0.3, 0.4) is 0 Å². The van der Waals surface area contributed by atoms with E-state index in [4.69, 9.17) is 0 Å². The van der Waals surface area contributed by atoms with E-state index in [-0.39, 0.29) is 23.5 Å². The van der Waals surface area contributed by atoms with E-state index in [2.05, 4.69) is 30.4 Å². The molecular weight excluding hydrogens is 405 g/mol. The molecule has 1 saturated heterocycles. The van der Waals surface area contributed by atoms with Gasteiger partial charge < -0.3 is 14.8 Å². The predicted octanol–water partition coefficient (Wildman–Crippen LogP) is 4.23. The van der Waals surface area contributed by atoms with Crippen molar-refractivity contribution in [2.75, 3.05) is 19.6 Å². The maximum absolute atomic E-state index is 13.7. The number of rotatable bonds is 6. The van der Waals surface area contributed by atoms with Gasteiger partial charge in [-0.1, -0.05) is 29.8 Å². The quantitative estimate of drug-likeness (QED) is 0.630. The van der Waals surface area contributed by atoms with Gasteiger partial charge in [-0.25, -0.2) is 4.39 Å². The summed E-state index contributed by atoms with van der Waals surface area (Å²) < 4.78 is 15.6. The van der Waals surface area contributed by atoms with Crippen LogP contribution in [0.2, 0.25) is 0 Å². The molecule has 2 aromatic carbocycles. The number of fused-ring (bicyclic) bond motifs is 1. The van der Waals surface area contributed by atoms with Gasteiger partial charge in [-0.15, -0.1) is 0 Å². The standard InChI is InChI=1S/C26H30FN3O2/c1-18-7-8-23-21(15-18)17-24(29(23)2)26(32)30-13-10-19(11-14-30)16-25(31)28-12-9-20-5-3-4-6-22(20)27/h3-8,15,17,19H,9-14,16H2,1-2H3,(H,28,31). The summed E-state index contributed by atoms with van der Waals surface area (Å²) in [4.78, 5) is 27.3. The number of piperidine rings is 1. The lowest BCUT2D eigenvalue weighted by molar-refractivity contribution is -0.122. The number of nitrogens with one attached hydrogen (secondary N) is 1. The second kappa shape index (κ2) is 9.55. The van der Waals surface area contributed by atoms with Crippen molar-refractivity contribution in [3.63, 3.8) is 0 Å². The van der Waals surface area contributed by atoms with Gasteiger partial charge >= 0.3 is 0 Å². The molecule has 168 valence electrons. The summed E-state index contributed by atoms with van der Waals surface area (Å²) in [6, 6.07) is 14.8. The van der Waals surface area contributed by atoms with Crippen LogP contribution in [0.5, 0.6) is 0 Å². The normalized spacial score (nSPS) is 14.7. The fourth-order valence-corrected chi connectivity index (χ4v) is 4.55. The van der Waals surface area contributed by atoms with E-state index in [1.54, 1.807) is 18.2 Å². The van der Waals surface area contributed by atoms with Crippen LogP contribution in [0.1, 0.15) is 40.9 Å². The molecule has 3 aromatic rings. The van der Waals surface area contributed by atoms with Gasteiger partial charge in [0.05, 0.1) is 0 Å². The Hall–Kier alpha value is -3.15. The van der Waals surface area contributed by atoms with Crippen molar-refractivity contribution in [2.24, 2.45) is 13.0 Å². The summed E-state index contributed by atoms with van der Waals surface area (Å²) in [5.74, 6) is 0.0759. The number of halogens is 1. The first-order chi connectivity index (χ1) is 15.4. The van der Waals surface area contributed by atoms with Gasteiger partial charge in [0.2, 0.25) is 5.91 Å². The van der Waals surface area contributed by atoms with Crippen molar-refractivity contribution < 1.29 is 14.0 Å². The second-order valence-electron chi connectivity index (χ2n) is 8.78. The molecule has 32 heavy (non-hydrogen) atoms. The fourth-order valence-electron chi connectivity index (χ4n) is 4.55. The summed E-state index contributed by atoms with van der Waals surface area (Å²) in [6.45, 7) is 3.80. The van der Waals surface area contributed by atoms with Crippen molar-refractivity contribution >= 4 is 22.7 Å². The molecule has 1 aliphatic rings. The molecule has 2 amide bonds. The van der Waals surface area contributed by atoms with E-state index in [9.17, 15) is 14.0 Å². The van der Waals surface area contributed by atoms with E-state index in [1.165, 1.54) is 11.6 Å². The fraction of sp³-hybridized carbons (Fsp3) is 0.385. The molecule has 0 radical (unpaired) electrons. The van der Waals surface area contributed by atoms with Gasteiger partial charge in [0.15, 0.2) is 0 Å². The number of aromatic nitrogens is 1. The lowest BCUT2D eigenvalue weighted by Crippen LogP contribution is -2.40. The van der Waals surface area contributed by atoms with E-state index in [0.29, 0.717) is 43.7 Å². The number of benzene rings is 2. The predicted molar refractivity (Wildman–Crippen MR) is 124 cm³/mol. The van der Waals surface area contributed by atoms with Gasteiger partial charge in [0.25, 0.3) is 5.91 Å². The first kappa shape index (κ1) is 22.1. The molecule has 2 heterocycles. The zero-order valence-corrected chi connectivity index (χ0v) is 18.7. The largest absolute Gasteiger partial charge is 0.356 e. The molecule has 0 aliphatic carbocycles. The van der Waals surface area contributed by atoms with Gasteiger partial charge in [-0.3, -0.25) is 9.59 Å². The number of hydrogen-bond acceptors (Lipinski definition) is 2. The van der Waals surface area contributed by atoms with Crippen molar-refractivity contribution in [3.8, 4) is 0 Å². The Kier molecular flexibility index (Phi) is 6.58. The number of aryl methyl sites for hydroxylation is 2. The summed E-state index contributed by atoms with van der Waals surface area (Å²) in [5.41, 5.74) is 3.55. The summed E-state index contributed by atoms with van der Waals surface area (Å²) in [5, 5.41) is 3.98. The third-order valence-corrected chi connectivity index (χ3v) is 6.47. The average Bonchev–Trinajstić information content (AvgIpc) is 3.10. The second-order valence-corrected chi connectivity index (χ2v) is 8.78. The van der Waals surface area contributed by atoms with Gasteiger partial charge in [-0.05, 0) is 61.9 Å². The van der Waals surface area contributed by atoms with Crippen molar-refractivity contribution in [2.45, 2.75) is 32.6 Å². The molecule has 0 atom stereocenters. The van der Waals surface area contributed by atoms with E-state index in [0.717, 1.165) is 23.7 Å². The van der Waals surface area contributed by atoms with Crippen LogP contribution in [0.15, 0.2) is 48.5 Å². The molecular formula is C26H30FN3O2. The molecule has 0 bridgehead atoms. The highest BCUT2D eigenvalue weighted by atomic mass is 19.1. The van der Waals surface area contributed by atoms with Gasteiger partial charge in [0, 0.05) is 44.0 Å². The van der Waals surface area contributed by atoms with Crippen molar-refractivity contribution in [1.82, 2.24) is 14.8 Å². The van der Waals surface area contributed by atoms with E-state index >= 15 is 0 Å². The third kappa shape index (κ3) is 4.85. The lowest BCUT2D eigenvalue weighted by atomic mass is 9.93. The Bertz CT molecular complexity index is 1130. The average molecular weight is 436 g/mol. The smallest absolute Gasteiger partial charge is 0.270 e. The Morgan fingerprint density at radius 1 is 1.09 bits per heavy atom. The van der Waals surface area contributed by atoms with Crippen molar-refractivity contribution in [3.05, 3.63) is 71.2 Å².